The van der Waals surface area contributed by atoms with Crippen LogP contribution in [0.4, 0.5) is 5.69 Å². The lowest BCUT2D eigenvalue weighted by molar-refractivity contribution is -0.122. The van der Waals surface area contributed by atoms with Gasteiger partial charge in [-0.15, -0.1) is 11.3 Å². The number of hydrogen-bond donors (Lipinski definition) is 2. The van der Waals surface area contributed by atoms with Crippen molar-refractivity contribution in [3.05, 3.63) is 50.6 Å². The summed E-state index contributed by atoms with van der Waals surface area (Å²) in [5.41, 5.74) is 7.34. The number of hydrogen-bond acceptors (Lipinski definition) is 3. The molecule has 100 valence electrons. The van der Waals surface area contributed by atoms with Crippen LogP contribution in [0.2, 0.25) is 0 Å². The monoisotopic (exact) mass is 338 g/mol. The van der Waals surface area contributed by atoms with Gasteiger partial charge in [-0.25, -0.2) is 0 Å². The second-order valence-electron chi connectivity index (χ2n) is 4.32. The van der Waals surface area contributed by atoms with E-state index in [2.05, 4.69) is 21.2 Å². The number of nitrogens with one attached hydrogen (secondary N) is 1. The third-order valence-electron chi connectivity index (χ3n) is 2.87. The highest BCUT2D eigenvalue weighted by Gasteiger charge is 2.15. The first-order valence-electron chi connectivity index (χ1n) is 5.93. The van der Waals surface area contributed by atoms with Crippen LogP contribution in [-0.2, 0) is 11.3 Å². The van der Waals surface area contributed by atoms with Crippen molar-refractivity contribution in [3.63, 3.8) is 0 Å². The number of amides is 1. The van der Waals surface area contributed by atoms with Crippen molar-refractivity contribution in [3.8, 4) is 0 Å². The van der Waals surface area contributed by atoms with E-state index in [0.29, 0.717) is 12.2 Å². The molecule has 1 aromatic heterocycles. The molecule has 2 rings (SSSR count). The van der Waals surface area contributed by atoms with Crippen LogP contribution >= 0.6 is 27.3 Å². The highest BCUT2D eigenvalue weighted by molar-refractivity contribution is 9.11. The van der Waals surface area contributed by atoms with E-state index in [0.717, 1.165) is 14.2 Å². The van der Waals surface area contributed by atoms with Crippen molar-refractivity contribution >= 4 is 38.9 Å². The molecule has 0 saturated carbocycles. The molecule has 3 nitrogen and oxygen atoms in total. The first kappa shape index (κ1) is 14.1. The minimum absolute atomic E-state index is 0.00937. The predicted molar refractivity (Wildman–Crippen MR) is 83.1 cm³/mol. The van der Waals surface area contributed by atoms with Crippen LogP contribution in [-0.4, -0.2) is 5.91 Å². The van der Waals surface area contributed by atoms with Crippen LogP contribution in [0.1, 0.15) is 23.3 Å². The molecule has 0 aliphatic rings. The van der Waals surface area contributed by atoms with E-state index in [1.165, 1.54) is 0 Å². The molecule has 1 amide bonds. The number of benzene rings is 1. The molecule has 0 bridgehead atoms. The summed E-state index contributed by atoms with van der Waals surface area (Å²) in [5.74, 6) is -0.193. The van der Waals surface area contributed by atoms with Gasteiger partial charge in [0, 0.05) is 10.6 Å². The van der Waals surface area contributed by atoms with Gasteiger partial charge in [0.25, 0.3) is 0 Å². The van der Waals surface area contributed by atoms with Crippen LogP contribution in [0.3, 0.4) is 0 Å². The van der Waals surface area contributed by atoms with Gasteiger partial charge >= 0.3 is 0 Å². The Kier molecular flexibility index (Phi) is 4.61. The molecule has 0 fully saturated rings. The van der Waals surface area contributed by atoms with E-state index in [4.69, 9.17) is 5.73 Å². The summed E-state index contributed by atoms with van der Waals surface area (Å²) in [7, 11) is 0. The SMILES string of the molecule is CC(C(=O)NCc1ccc(Br)s1)c1cccc(N)c1. The topological polar surface area (TPSA) is 55.1 Å². The van der Waals surface area contributed by atoms with Gasteiger partial charge in [0.1, 0.15) is 0 Å². The summed E-state index contributed by atoms with van der Waals surface area (Å²) >= 11 is 5.03. The van der Waals surface area contributed by atoms with Crippen LogP contribution < -0.4 is 11.1 Å². The van der Waals surface area contributed by atoms with Gasteiger partial charge in [-0.2, -0.15) is 0 Å². The molecule has 2 aromatic rings. The third kappa shape index (κ3) is 3.81. The molecule has 1 unspecified atom stereocenters. The Morgan fingerprint density at radius 3 is 2.84 bits per heavy atom. The van der Waals surface area contributed by atoms with E-state index in [1.54, 1.807) is 11.3 Å². The van der Waals surface area contributed by atoms with Gasteiger partial charge in [0.2, 0.25) is 5.91 Å². The normalized spacial score (nSPS) is 12.1. The fourth-order valence-electron chi connectivity index (χ4n) is 1.75. The van der Waals surface area contributed by atoms with Crippen molar-refractivity contribution in [1.82, 2.24) is 5.32 Å². The average Bonchev–Trinajstić information content (AvgIpc) is 2.81. The molecule has 0 saturated heterocycles. The number of carbonyl (C=O) groups is 1. The number of nitrogen functional groups attached to an aromatic ring is 1. The first-order valence-corrected chi connectivity index (χ1v) is 7.54. The summed E-state index contributed by atoms with van der Waals surface area (Å²) in [6, 6.07) is 11.4. The van der Waals surface area contributed by atoms with E-state index in [1.807, 2.05) is 43.3 Å². The molecule has 0 radical (unpaired) electrons. The van der Waals surface area contributed by atoms with Crippen LogP contribution in [0.25, 0.3) is 0 Å². The number of anilines is 1. The quantitative estimate of drug-likeness (QED) is 0.838. The lowest BCUT2D eigenvalue weighted by Crippen LogP contribution is -2.27. The average molecular weight is 339 g/mol. The Morgan fingerprint density at radius 2 is 2.21 bits per heavy atom. The highest BCUT2D eigenvalue weighted by atomic mass is 79.9. The van der Waals surface area contributed by atoms with Crippen LogP contribution in [0.5, 0.6) is 0 Å². The zero-order chi connectivity index (χ0) is 13.8. The number of thiophene rings is 1. The minimum Gasteiger partial charge on any atom is -0.399 e. The molecule has 1 aromatic carbocycles. The second kappa shape index (κ2) is 6.21. The maximum Gasteiger partial charge on any atom is 0.227 e. The second-order valence-corrected chi connectivity index (χ2v) is 6.86. The molecular weight excluding hydrogens is 324 g/mol. The Bertz CT molecular complexity index is 582. The molecule has 3 N–H and O–H groups in total. The molecule has 0 spiro atoms. The van der Waals surface area contributed by atoms with Crippen molar-refractivity contribution in [2.45, 2.75) is 19.4 Å². The summed E-state index contributed by atoms with van der Waals surface area (Å²) in [5, 5.41) is 2.94. The summed E-state index contributed by atoms with van der Waals surface area (Å²) < 4.78 is 1.07. The maximum absolute atomic E-state index is 12.1. The molecule has 0 aliphatic carbocycles. The first-order chi connectivity index (χ1) is 9.06. The zero-order valence-corrected chi connectivity index (χ0v) is 12.9. The minimum atomic E-state index is -0.202. The predicted octanol–water partition coefficient (Wildman–Crippen LogP) is 3.51. The van der Waals surface area contributed by atoms with Gasteiger partial charge in [-0.3, -0.25) is 4.79 Å². The Morgan fingerprint density at radius 1 is 1.42 bits per heavy atom. The third-order valence-corrected chi connectivity index (χ3v) is 4.49. The Balaban J connectivity index is 1.96. The van der Waals surface area contributed by atoms with Crippen LogP contribution in [0, 0.1) is 0 Å². The molecule has 0 aliphatic heterocycles. The lowest BCUT2D eigenvalue weighted by Gasteiger charge is -2.12. The zero-order valence-electron chi connectivity index (χ0n) is 10.5. The fraction of sp³-hybridized carbons (Fsp3) is 0.214. The van der Waals surface area contributed by atoms with E-state index >= 15 is 0 Å². The smallest absolute Gasteiger partial charge is 0.227 e. The maximum atomic E-state index is 12.1. The summed E-state index contributed by atoms with van der Waals surface area (Å²) in [6.07, 6.45) is 0. The Labute approximate surface area is 125 Å². The Hall–Kier alpha value is -1.33. The van der Waals surface area contributed by atoms with Gasteiger partial charge < -0.3 is 11.1 Å². The van der Waals surface area contributed by atoms with Crippen molar-refractivity contribution in [2.24, 2.45) is 0 Å². The molecule has 5 heteroatoms. The van der Waals surface area contributed by atoms with Crippen molar-refractivity contribution in [2.75, 3.05) is 5.73 Å². The summed E-state index contributed by atoms with van der Waals surface area (Å²) in [4.78, 5) is 13.2. The number of nitrogens with two attached hydrogens (primary N) is 1. The van der Waals surface area contributed by atoms with Gasteiger partial charge in [-0.05, 0) is 52.7 Å². The van der Waals surface area contributed by atoms with Crippen LogP contribution in [0.15, 0.2) is 40.2 Å². The molecule has 19 heavy (non-hydrogen) atoms. The van der Waals surface area contributed by atoms with Crippen molar-refractivity contribution in [1.29, 1.82) is 0 Å². The van der Waals surface area contributed by atoms with Gasteiger partial charge in [-0.1, -0.05) is 12.1 Å². The lowest BCUT2D eigenvalue weighted by atomic mass is 10.00. The standard InChI is InChI=1S/C14H15BrN2OS/c1-9(10-3-2-4-11(16)7-10)14(18)17-8-12-5-6-13(15)19-12/h2-7,9H,8,16H2,1H3,(H,17,18). The van der Waals surface area contributed by atoms with E-state index in [9.17, 15) is 4.79 Å². The van der Waals surface area contributed by atoms with Gasteiger partial charge in [0.15, 0.2) is 0 Å². The molecule has 1 heterocycles. The fourth-order valence-corrected chi connectivity index (χ4v) is 3.18. The molecule has 1 atom stereocenters. The van der Waals surface area contributed by atoms with E-state index in [-0.39, 0.29) is 11.8 Å². The van der Waals surface area contributed by atoms with Gasteiger partial charge in [0.05, 0.1) is 16.2 Å². The summed E-state index contributed by atoms with van der Waals surface area (Å²) in [6.45, 7) is 2.44. The van der Waals surface area contributed by atoms with Crippen molar-refractivity contribution < 1.29 is 4.79 Å². The molecular formula is C14H15BrN2OS. The number of carbonyl (C=O) groups excluding carboxylic acids is 1. The highest BCUT2D eigenvalue weighted by Crippen LogP contribution is 2.22. The number of rotatable bonds is 4. The van der Waals surface area contributed by atoms with E-state index < -0.39 is 0 Å². The number of halogens is 1. The largest absolute Gasteiger partial charge is 0.399 e.